The number of hydrogen-bond donors (Lipinski definition) is 1. The average Bonchev–Trinajstić information content (AvgIpc) is 2.36. The first kappa shape index (κ1) is 15.0. The van der Waals surface area contributed by atoms with Gasteiger partial charge in [-0.2, -0.15) is 0 Å². The summed E-state index contributed by atoms with van der Waals surface area (Å²) in [5.74, 6) is 0.924. The molecular formula is C15H26N2O. The summed E-state index contributed by atoms with van der Waals surface area (Å²) in [7, 11) is 3.87. The van der Waals surface area contributed by atoms with Gasteiger partial charge in [-0.1, -0.05) is 26.0 Å². The number of nitrogens with zero attached hydrogens (tertiary/aromatic N) is 1. The van der Waals surface area contributed by atoms with Crippen LogP contribution in [0.1, 0.15) is 19.4 Å². The Morgan fingerprint density at radius 3 is 2.39 bits per heavy atom. The summed E-state index contributed by atoms with van der Waals surface area (Å²) in [6.07, 6.45) is 1.09. The minimum Gasteiger partial charge on any atom is -0.497 e. The number of rotatable bonds is 8. The van der Waals surface area contributed by atoms with Crippen LogP contribution in [0.3, 0.4) is 0 Å². The van der Waals surface area contributed by atoms with Crippen molar-refractivity contribution in [1.82, 2.24) is 10.2 Å². The van der Waals surface area contributed by atoms with E-state index in [9.17, 15) is 0 Å². The molecule has 0 aliphatic rings. The second-order valence-corrected chi connectivity index (χ2v) is 5.01. The number of methoxy groups -OCH3 is 1. The average molecular weight is 250 g/mol. The third-order valence-electron chi connectivity index (χ3n) is 2.99. The summed E-state index contributed by atoms with van der Waals surface area (Å²) in [5, 5.41) is 3.43. The molecule has 1 aromatic carbocycles. The summed E-state index contributed by atoms with van der Waals surface area (Å²) in [4.78, 5) is 2.36. The SMILES string of the molecule is COc1ccc(CCN(C)CCNC(C)C)cc1. The summed E-state index contributed by atoms with van der Waals surface area (Å²) in [6, 6.07) is 8.89. The van der Waals surface area contributed by atoms with Crippen molar-refractivity contribution in [3.63, 3.8) is 0 Å². The monoisotopic (exact) mass is 250 g/mol. The molecule has 1 aromatic rings. The van der Waals surface area contributed by atoms with Gasteiger partial charge in [-0.15, -0.1) is 0 Å². The number of hydrogen-bond acceptors (Lipinski definition) is 3. The van der Waals surface area contributed by atoms with Gasteiger partial charge in [0.05, 0.1) is 7.11 Å². The standard InChI is InChI=1S/C15H26N2O/c1-13(2)16-10-12-17(3)11-9-14-5-7-15(18-4)8-6-14/h5-8,13,16H,9-12H2,1-4H3. The molecule has 3 nitrogen and oxygen atoms in total. The lowest BCUT2D eigenvalue weighted by molar-refractivity contribution is 0.331. The molecule has 1 rings (SSSR count). The van der Waals surface area contributed by atoms with Gasteiger partial charge < -0.3 is 15.0 Å². The van der Waals surface area contributed by atoms with Gasteiger partial charge in [0, 0.05) is 25.7 Å². The molecule has 0 aliphatic carbocycles. The molecule has 0 aliphatic heterocycles. The van der Waals surface area contributed by atoms with Crippen molar-refractivity contribution >= 4 is 0 Å². The van der Waals surface area contributed by atoms with Crippen molar-refractivity contribution in [2.45, 2.75) is 26.3 Å². The molecule has 0 aromatic heterocycles. The fraction of sp³-hybridized carbons (Fsp3) is 0.600. The van der Waals surface area contributed by atoms with Crippen LogP contribution in [0, 0.1) is 0 Å². The number of nitrogens with one attached hydrogen (secondary N) is 1. The Balaban J connectivity index is 2.22. The second kappa shape index (κ2) is 8.11. The third-order valence-corrected chi connectivity index (χ3v) is 2.99. The van der Waals surface area contributed by atoms with Gasteiger partial charge in [0.2, 0.25) is 0 Å². The van der Waals surface area contributed by atoms with Gasteiger partial charge in [0.15, 0.2) is 0 Å². The molecule has 0 unspecified atom stereocenters. The Labute approximate surface area is 111 Å². The summed E-state index contributed by atoms with van der Waals surface area (Å²) < 4.78 is 5.15. The molecule has 0 heterocycles. The summed E-state index contributed by atoms with van der Waals surface area (Å²) in [5.41, 5.74) is 1.36. The van der Waals surface area contributed by atoms with E-state index >= 15 is 0 Å². The Hall–Kier alpha value is -1.06. The van der Waals surface area contributed by atoms with Crippen molar-refractivity contribution < 1.29 is 4.74 Å². The normalized spacial score (nSPS) is 11.2. The Morgan fingerprint density at radius 1 is 1.17 bits per heavy atom. The van der Waals surface area contributed by atoms with Crippen LogP contribution in [0.25, 0.3) is 0 Å². The maximum atomic E-state index is 5.15. The lowest BCUT2D eigenvalue weighted by Gasteiger charge is -2.18. The van der Waals surface area contributed by atoms with E-state index in [1.54, 1.807) is 7.11 Å². The predicted molar refractivity (Wildman–Crippen MR) is 77.3 cm³/mol. The highest BCUT2D eigenvalue weighted by molar-refractivity contribution is 5.27. The Kier molecular flexibility index (Phi) is 6.76. The van der Waals surface area contributed by atoms with E-state index in [1.165, 1.54) is 5.56 Å². The van der Waals surface area contributed by atoms with Crippen molar-refractivity contribution in [3.05, 3.63) is 29.8 Å². The van der Waals surface area contributed by atoms with E-state index in [-0.39, 0.29) is 0 Å². The summed E-state index contributed by atoms with van der Waals surface area (Å²) in [6.45, 7) is 7.59. The fourth-order valence-corrected chi connectivity index (χ4v) is 1.77. The largest absolute Gasteiger partial charge is 0.497 e. The zero-order valence-corrected chi connectivity index (χ0v) is 12.1. The first-order valence-electron chi connectivity index (χ1n) is 6.66. The first-order chi connectivity index (χ1) is 8.61. The molecule has 0 saturated heterocycles. The molecule has 0 saturated carbocycles. The molecule has 1 N–H and O–H groups in total. The Morgan fingerprint density at radius 2 is 1.83 bits per heavy atom. The number of likely N-dealkylation sites (N-methyl/N-ethyl adjacent to an activating group) is 1. The molecule has 0 spiro atoms. The van der Waals surface area contributed by atoms with Gasteiger partial charge in [0.25, 0.3) is 0 Å². The van der Waals surface area contributed by atoms with Crippen molar-refractivity contribution in [1.29, 1.82) is 0 Å². The van der Waals surface area contributed by atoms with Crippen molar-refractivity contribution in [2.24, 2.45) is 0 Å². The minimum absolute atomic E-state index is 0.569. The van der Waals surface area contributed by atoms with Gasteiger partial charge in [-0.3, -0.25) is 0 Å². The van der Waals surface area contributed by atoms with E-state index in [0.29, 0.717) is 6.04 Å². The van der Waals surface area contributed by atoms with Crippen LogP contribution in [-0.2, 0) is 6.42 Å². The lowest BCUT2D eigenvalue weighted by Crippen LogP contribution is -2.33. The summed E-state index contributed by atoms with van der Waals surface area (Å²) >= 11 is 0. The molecule has 0 radical (unpaired) electrons. The lowest BCUT2D eigenvalue weighted by atomic mass is 10.1. The van der Waals surface area contributed by atoms with Crippen LogP contribution in [-0.4, -0.2) is 44.7 Å². The highest BCUT2D eigenvalue weighted by Gasteiger charge is 2.00. The molecule has 18 heavy (non-hydrogen) atoms. The van der Waals surface area contributed by atoms with Crippen LogP contribution in [0.4, 0.5) is 0 Å². The van der Waals surface area contributed by atoms with Gasteiger partial charge in [-0.05, 0) is 31.2 Å². The van der Waals surface area contributed by atoms with Gasteiger partial charge in [0.1, 0.15) is 5.75 Å². The van der Waals surface area contributed by atoms with E-state index in [1.807, 2.05) is 12.1 Å². The number of benzene rings is 1. The second-order valence-electron chi connectivity index (χ2n) is 5.01. The maximum Gasteiger partial charge on any atom is 0.118 e. The highest BCUT2D eigenvalue weighted by atomic mass is 16.5. The molecular weight excluding hydrogens is 224 g/mol. The molecule has 0 atom stereocenters. The van der Waals surface area contributed by atoms with Gasteiger partial charge >= 0.3 is 0 Å². The fourth-order valence-electron chi connectivity index (χ4n) is 1.77. The molecule has 0 bridgehead atoms. The van der Waals surface area contributed by atoms with Crippen LogP contribution in [0.15, 0.2) is 24.3 Å². The molecule has 0 amide bonds. The Bertz CT molecular complexity index is 322. The maximum absolute atomic E-state index is 5.15. The van der Waals surface area contributed by atoms with Crippen molar-refractivity contribution in [2.75, 3.05) is 33.8 Å². The van der Waals surface area contributed by atoms with Crippen LogP contribution in [0.5, 0.6) is 5.75 Å². The van der Waals surface area contributed by atoms with E-state index in [2.05, 4.69) is 43.2 Å². The van der Waals surface area contributed by atoms with Crippen LogP contribution in [0.2, 0.25) is 0 Å². The van der Waals surface area contributed by atoms with E-state index in [0.717, 1.165) is 31.8 Å². The quantitative estimate of drug-likeness (QED) is 0.765. The smallest absolute Gasteiger partial charge is 0.118 e. The molecule has 0 fully saturated rings. The minimum atomic E-state index is 0.569. The molecule has 3 heteroatoms. The third kappa shape index (κ3) is 6.03. The van der Waals surface area contributed by atoms with Crippen LogP contribution >= 0.6 is 0 Å². The molecule has 102 valence electrons. The van der Waals surface area contributed by atoms with Gasteiger partial charge in [-0.25, -0.2) is 0 Å². The van der Waals surface area contributed by atoms with E-state index < -0.39 is 0 Å². The first-order valence-corrected chi connectivity index (χ1v) is 6.66. The van der Waals surface area contributed by atoms with Crippen LogP contribution < -0.4 is 10.1 Å². The highest BCUT2D eigenvalue weighted by Crippen LogP contribution is 2.11. The topological polar surface area (TPSA) is 24.5 Å². The van der Waals surface area contributed by atoms with E-state index in [4.69, 9.17) is 4.74 Å². The number of ether oxygens (including phenoxy) is 1. The van der Waals surface area contributed by atoms with Crippen molar-refractivity contribution in [3.8, 4) is 5.75 Å². The zero-order chi connectivity index (χ0) is 13.4. The predicted octanol–water partition coefficient (Wildman–Crippen LogP) is 2.17. The zero-order valence-electron chi connectivity index (χ0n) is 12.1.